The molecule has 6 nitrogen and oxygen atoms in total. The van der Waals surface area contributed by atoms with E-state index in [4.69, 9.17) is 0 Å². The molecule has 1 saturated carbocycles. The van der Waals surface area contributed by atoms with E-state index < -0.39 is 23.6 Å². The first-order valence-electron chi connectivity index (χ1n) is 10.0. The lowest BCUT2D eigenvalue weighted by Crippen LogP contribution is -2.42. The van der Waals surface area contributed by atoms with Crippen molar-refractivity contribution in [3.05, 3.63) is 66.4 Å². The number of rotatable bonds is 4. The molecule has 32 heavy (non-hydrogen) atoms. The van der Waals surface area contributed by atoms with Gasteiger partial charge in [0.1, 0.15) is 11.9 Å². The number of nitrogens with zero attached hydrogens (tertiary/aromatic N) is 4. The molecule has 1 amide bonds. The fourth-order valence-electron chi connectivity index (χ4n) is 4.26. The number of piperidine rings is 1. The van der Waals surface area contributed by atoms with Crippen molar-refractivity contribution in [1.82, 2.24) is 15.0 Å². The number of hydrogen-bond donors (Lipinski definition) is 1. The van der Waals surface area contributed by atoms with Crippen LogP contribution in [0.1, 0.15) is 18.4 Å². The molecule has 164 valence electrons. The van der Waals surface area contributed by atoms with E-state index in [0.717, 1.165) is 30.9 Å². The van der Waals surface area contributed by atoms with Gasteiger partial charge in [0.25, 0.3) is 0 Å². The van der Waals surface area contributed by atoms with Crippen LogP contribution in [0.5, 0.6) is 0 Å². The molecule has 1 unspecified atom stereocenters. The number of carbonyl (C=O) groups excluding carboxylic acids is 1. The third kappa shape index (κ3) is 3.76. The van der Waals surface area contributed by atoms with Gasteiger partial charge in [-0.05, 0) is 49.1 Å². The van der Waals surface area contributed by atoms with E-state index >= 15 is 0 Å². The number of carbonyl (C=O) groups is 1. The Hall–Kier alpha value is -3.56. The van der Waals surface area contributed by atoms with Crippen LogP contribution in [0.15, 0.2) is 55.0 Å². The SMILES string of the molecule is O=C(Nc1ccc(C(F)(F)F)c(-c2ncc(F)cn2)c1)C1C[C@@H]2C[C@@H]2N1c1ccccn1. The van der Waals surface area contributed by atoms with Gasteiger partial charge >= 0.3 is 6.18 Å². The fourth-order valence-corrected chi connectivity index (χ4v) is 4.26. The molecule has 3 atom stereocenters. The summed E-state index contributed by atoms with van der Waals surface area (Å²) in [6.45, 7) is 0. The Kier molecular flexibility index (Phi) is 4.79. The van der Waals surface area contributed by atoms with Crippen LogP contribution in [0.2, 0.25) is 0 Å². The molecule has 2 aliphatic rings. The molecule has 1 saturated heterocycles. The quantitative estimate of drug-likeness (QED) is 0.609. The van der Waals surface area contributed by atoms with E-state index in [1.54, 1.807) is 12.3 Å². The van der Waals surface area contributed by atoms with Gasteiger partial charge in [0.05, 0.1) is 18.0 Å². The van der Waals surface area contributed by atoms with Crippen molar-refractivity contribution >= 4 is 17.4 Å². The second-order valence-electron chi connectivity index (χ2n) is 7.88. The van der Waals surface area contributed by atoms with Crippen LogP contribution in [0.3, 0.4) is 0 Å². The highest BCUT2D eigenvalue weighted by molar-refractivity contribution is 5.98. The number of pyridine rings is 1. The van der Waals surface area contributed by atoms with Crippen molar-refractivity contribution in [3.63, 3.8) is 0 Å². The normalized spacial score (nSPS) is 21.9. The Balaban J connectivity index is 1.43. The summed E-state index contributed by atoms with van der Waals surface area (Å²) < 4.78 is 53.7. The van der Waals surface area contributed by atoms with E-state index in [9.17, 15) is 22.4 Å². The summed E-state index contributed by atoms with van der Waals surface area (Å²) in [6, 6.07) is 8.46. The van der Waals surface area contributed by atoms with E-state index in [0.29, 0.717) is 18.2 Å². The molecule has 1 aliphatic carbocycles. The Morgan fingerprint density at radius 3 is 2.53 bits per heavy atom. The largest absolute Gasteiger partial charge is 0.417 e. The lowest BCUT2D eigenvalue weighted by Gasteiger charge is -2.27. The Bertz CT molecular complexity index is 1150. The minimum absolute atomic E-state index is 0.174. The zero-order valence-corrected chi connectivity index (χ0v) is 16.6. The molecule has 1 aliphatic heterocycles. The summed E-state index contributed by atoms with van der Waals surface area (Å²) in [6.07, 6.45) is 0.226. The van der Waals surface area contributed by atoms with Crippen LogP contribution in [0.4, 0.5) is 29.1 Å². The second-order valence-corrected chi connectivity index (χ2v) is 7.88. The first-order valence-corrected chi connectivity index (χ1v) is 10.0. The van der Waals surface area contributed by atoms with Gasteiger partial charge in [-0.1, -0.05) is 6.07 Å². The molecule has 3 aromatic rings. The number of amides is 1. The minimum Gasteiger partial charge on any atom is -0.341 e. The number of benzene rings is 1. The molecular weight excluding hydrogens is 426 g/mol. The van der Waals surface area contributed by atoms with Crippen molar-refractivity contribution in [3.8, 4) is 11.4 Å². The molecular formula is C22H17F4N5O. The Labute approximate surface area is 180 Å². The number of alkyl halides is 3. The summed E-state index contributed by atoms with van der Waals surface area (Å²) in [4.78, 5) is 26.7. The van der Waals surface area contributed by atoms with E-state index in [2.05, 4.69) is 20.3 Å². The first-order chi connectivity index (χ1) is 15.3. The van der Waals surface area contributed by atoms with Gasteiger partial charge in [-0.15, -0.1) is 0 Å². The molecule has 0 spiro atoms. The van der Waals surface area contributed by atoms with Gasteiger partial charge in [-0.25, -0.2) is 19.3 Å². The molecule has 1 aromatic carbocycles. The average molecular weight is 443 g/mol. The zero-order chi connectivity index (χ0) is 22.5. The summed E-state index contributed by atoms with van der Waals surface area (Å²) in [5, 5.41) is 2.72. The molecule has 3 heterocycles. The second kappa shape index (κ2) is 7.54. The highest BCUT2D eigenvalue weighted by atomic mass is 19.4. The van der Waals surface area contributed by atoms with E-state index in [-0.39, 0.29) is 29.0 Å². The smallest absolute Gasteiger partial charge is 0.341 e. The summed E-state index contributed by atoms with van der Waals surface area (Å²) in [5.74, 6) is -0.268. The lowest BCUT2D eigenvalue weighted by molar-refractivity contribution is -0.137. The number of anilines is 2. The van der Waals surface area contributed by atoms with Crippen molar-refractivity contribution < 1.29 is 22.4 Å². The number of hydrogen-bond acceptors (Lipinski definition) is 5. The van der Waals surface area contributed by atoms with Crippen LogP contribution in [0.25, 0.3) is 11.4 Å². The molecule has 0 bridgehead atoms. The molecule has 5 rings (SSSR count). The van der Waals surface area contributed by atoms with Gasteiger partial charge in [0.15, 0.2) is 11.6 Å². The van der Waals surface area contributed by atoms with Crippen molar-refractivity contribution in [2.24, 2.45) is 5.92 Å². The van der Waals surface area contributed by atoms with Crippen LogP contribution in [0, 0.1) is 11.7 Å². The van der Waals surface area contributed by atoms with Crippen molar-refractivity contribution in [2.75, 3.05) is 10.2 Å². The predicted molar refractivity (Wildman–Crippen MR) is 108 cm³/mol. The molecule has 10 heteroatoms. The minimum atomic E-state index is -4.67. The Morgan fingerprint density at radius 1 is 1.06 bits per heavy atom. The third-order valence-electron chi connectivity index (χ3n) is 5.77. The summed E-state index contributed by atoms with van der Waals surface area (Å²) in [5.41, 5.74) is -1.14. The molecule has 1 N–H and O–H groups in total. The highest BCUT2D eigenvalue weighted by Gasteiger charge is 2.54. The maximum atomic E-state index is 13.5. The molecule has 2 fully saturated rings. The van der Waals surface area contributed by atoms with Crippen LogP contribution < -0.4 is 10.2 Å². The topological polar surface area (TPSA) is 71.0 Å². The van der Waals surface area contributed by atoms with Crippen molar-refractivity contribution in [2.45, 2.75) is 31.1 Å². The number of fused-ring (bicyclic) bond motifs is 1. The van der Waals surface area contributed by atoms with Gasteiger partial charge in [0.2, 0.25) is 5.91 Å². The Morgan fingerprint density at radius 2 is 1.84 bits per heavy atom. The zero-order valence-electron chi connectivity index (χ0n) is 16.6. The first kappa shape index (κ1) is 20.3. The monoisotopic (exact) mass is 443 g/mol. The highest BCUT2D eigenvalue weighted by Crippen LogP contribution is 2.49. The van der Waals surface area contributed by atoms with Gasteiger partial charge in [-0.2, -0.15) is 13.2 Å². The van der Waals surface area contributed by atoms with Crippen molar-refractivity contribution in [1.29, 1.82) is 0 Å². The van der Waals surface area contributed by atoms with Gasteiger partial charge in [0, 0.05) is 23.5 Å². The maximum absolute atomic E-state index is 13.5. The molecule has 2 aromatic heterocycles. The predicted octanol–water partition coefficient (Wildman–Crippen LogP) is 4.30. The van der Waals surface area contributed by atoms with E-state index in [1.807, 2.05) is 17.0 Å². The average Bonchev–Trinajstić information content (AvgIpc) is 3.43. The molecule has 0 radical (unpaired) electrons. The number of aromatic nitrogens is 3. The number of halogens is 4. The van der Waals surface area contributed by atoms with E-state index in [1.165, 1.54) is 6.07 Å². The summed E-state index contributed by atoms with van der Waals surface area (Å²) in [7, 11) is 0. The number of nitrogens with one attached hydrogen (secondary N) is 1. The van der Waals surface area contributed by atoms with Crippen LogP contribution in [-0.2, 0) is 11.0 Å². The van der Waals surface area contributed by atoms with Gasteiger partial charge < -0.3 is 10.2 Å². The fraction of sp³-hybridized carbons (Fsp3) is 0.273. The standard InChI is InChI=1S/C22H17F4N5O/c23-13-10-28-20(29-11-13)15-9-14(4-5-16(15)22(24,25)26)30-21(32)18-8-12-7-17(12)31(18)19-3-1-2-6-27-19/h1-6,9-12,17-18H,7-8H2,(H,30,32)/t12-,17-,18?/m0/s1. The lowest BCUT2D eigenvalue weighted by atomic mass is 10.0. The third-order valence-corrected chi connectivity index (χ3v) is 5.77. The maximum Gasteiger partial charge on any atom is 0.417 e. The summed E-state index contributed by atoms with van der Waals surface area (Å²) >= 11 is 0. The van der Waals surface area contributed by atoms with Gasteiger partial charge in [-0.3, -0.25) is 4.79 Å². The van der Waals surface area contributed by atoms with Crippen LogP contribution >= 0.6 is 0 Å². The van der Waals surface area contributed by atoms with Crippen LogP contribution in [-0.4, -0.2) is 32.9 Å².